The summed E-state index contributed by atoms with van der Waals surface area (Å²) < 4.78 is 0. The molecule has 68 valence electrons. The molecule has 0 saturated heterocycles. The molecule has 1 aromatic carbocycles. The molecule has 3 nitrogen and oxygen atoms in total. The van der Waals surface area contributed by atoms with E-state index in [1.54, 1.807) is 11.6 Å². The van der Waals surface area contributed by atoms with Crippen LogP contribution in [0, 0.1) is 11.3 Å². The number of nitriles is 1. The van der Waals surface area contributed by atoms with Gasteiger partial charge >= 0.3 is 0 Å². The Morgan fingerprint density at radius 1 is 1.36 bits per heavy atom. The molecule has 0 unspecified atom stereocenters. The summed E-state index contributed by atoms with van der Waals surface area (Å²) in [6.45, 7) is 0. The van der Waals surface area contributed by atoms with Crippen molar-refractivity contribution in [2.45, 2.75) is 0 Å². The topological polar surface area (TPSA) is 62.7 Å². The first-order valence-electron chi connectivity index (χ1n) is 4.01. The summed E-state index contributed by atoms with van der Waals surface area (Å²) in [5, 5.41) is 9.54. The molecule has 0 bridgehead atoms. The Bertz CT molecular complexity index is 496. The molecule has 14 heavy (non-hydrogen) atoms. The number of hydrogen-bond acceptors (Lipinski definition) is 4. The fraction of sp³-hybridized carbons (Fsp3) is 0. The second-order valence-corrected chi connectivity index (χ2v) is 3.61. The highest BCUT2D eigenvalue weighted by molar-refractivity contribution is 7.14. The van der Waals surface area contributed by atoms with Gasteiger partial charge in [0.15, 0.2) is 0 Å². The Hall–Kier alpha value is -1.86. The number of nitrogens with two attached hydrogens (primary N) is 1. The molecule has 0 atom stereocenters. The van der Waals surface area contributed by atoms with Gasteiger partial charge in [-0.05, 0) is 6.07 Å². The van der Waals surface area contributed by atoms with E-state index < -0.39 is 0 Å². The lowest BCUT2D eigenvalue weighted by Crippen LogP contribution is -1.88. The third-order valence-electron chi connectivity index (χ3n) is 1.90. The van der Waals surface area contributed by atoms with Crippen LogP contribution in [0.1, 0.15) is 5.56 Å². The minimum Gasteiger partial charge on any atom is -0.389 e. The van der Waals surface area contributed by atoms with Gasteiger partial charge < -0.3 is 5.73 Å². The Morgan fingerprint density at radius 2 is 2.14 bits per heavy atom. The van der Waals surface area contributed by atoms with Crippen molar-refractivity contribution in [3.05, 3.63) is 35.3 Å². The average molecular weight is 201 g/mol. The van der Waals surface area contributed by atoms with Gasteiger partial charge in [-0.1, -0.05) is 18.2 Å². The molecular formula is C10H7N3S. The first-order valence-corrected chi connectivity index (χ1v) is 4.89. The first-order chi connectivity index (χ1) is 6.83. The van der Waals surface area contributed by atoms with Crippen LogP contribution in [0.15, 0.2) is 29.8 Å². The van der Waals surface area contributed by atoms with E-state index in [1.807, 2.05) is 18.2 Å². The molecule has 0 spiro atoms. The number of hydrogen-bond donors (Lipinski definition) is 1. The second-order valence-electron chi connectivity index (χ2n) is 2.72. The largest absolute Gasteiger partial charge is 0.389 e. The molecule has 0 saturated carbocycles. The maximum atomic E-state index is 8.89. The summed E-state index contributed by atoms with van der Waals surface area (Å²) in [5.41, 5.74) is 9.52. The third-order valence-corrected chi connectivity index (χ3v) is 2.56. The van der Waals surface area contributed by atoms with Crippen molar-refractivity contribution in [1.82, 2.24) is 4.98 Å². The Kier molecular flexibility index (Phi) is 2.17. The smallest absolute Gasteiger partial charge is 0.114 e. The molecule has 0 aliphatic rings. The summed E-state index contributed by atoms with van der Waals surface area (Å²) >= 11 is 1.38. The highest BCUT2D eigenvalue weighted by Crippen LogP contribution is 2.29. The predicted molar refractivity (Wildman–Crippen MR) is 56.7 cm³/mol. The van der Waals surface area contributed by atoms with Gasteiger partial charge in [0, 0.05) is 5.56 Å². The van der Waals surface area contributed by atoms with Gasteiger partial charge in [0.1, 0.15) is 10.7 Å². The van der Waals surface area contributed by atoms with Gasteiger partial charge in [-0.15, -0.1) is 11.3 Å². The predicted octanol–water partition coefficient (Wildman–Crippen LogP) is 2.26. The van der Waals surface area contributed by atoms with Crippen LogP contribution in [-0.4, -0.2) is 4.98 Å². The van der Waals surface area contributed by atoms with Crippen molar-refractivity contribution in [2.75, 3.05) is 5.73 Å². The fourth-order valence-corrected chi connectivity index (χ4v) is 1.79. The Balaban J connectivity index is 2.64. The lowest BCUT2D eigenvalue weighted by atomic mass is 10.1. The van der Waals surface area contributed by atoms with Gasteiger partial charge in [-0.25, -0.2) is 4.98 Å². The van der Waals surface area contributed by atoms with E-state index in [1.165, 1.54) is 11.3 Å². The van der Waals surface area contributed by atoms with E-state index in [0.717, 1.165) is 5.56 Å². The van der Waals surface area contributed by atoms with E-state index in [-0.39, 0.29) is 0 Å². The number of thiazole rings is 1. The molecule has 0 amide bonds. The van der Waals surface area contributed by atoms with E-state index in [4.69, 9.17) is 11.0 Å². The molecule has 2 rings (SSSR count). The molecular weight excluding hydrogens is 194 g/mol. The number of rotatable bonds is 1. The van der Waals surface area contributed by atoms with Crippen LogP contribution >= 0.6 is 11.3 Å². The molecule has 1 heterocycles. The van der Waals surface area contributed by atoms with Crippen molar-refractivity contribution in [3.63, 3.8) is 0 Å². The lowest BCUT2D eigenvalue weighted by molar-refractivity contribution is 1.39. The Morgan fingerprint density at radius 3 is 2.79 bits per heavy atom. The highest BCUT2D eigenvalue weighted by Gasteiger charge is 2.09. The van der Waals surface area contributed by atoms with Gasteiger partial charge in [-0.3, -0.25) is 0 Å². The molecule has 2 N–H and O–H groups in total. The molecule has 0 radical (unpaired) electrons. The van der Waals surface area contributed by atoms with Crippen molar-refractivity contribution >= 4 is 16.3 Å². The van der Waals surface area contributed by atoms with E-state index >= 15 is 0 Å². The van der Waals surface area contributed by atoms with Crippen LogP contribution < -0.4 is 5.73 Å². The molecule has 2 aromatic rings. The fourth-order valence-electron chi connectivity index (χ4n) is 1.24. The van der Waals surface area contributed by atoms with E-state index in [2.05, 4.69) is 11.1 Å². The van der Waals surface area contributed by atoms with E-state index in [0.29, 0.717) is 16.3 Å². The molecule has 1 aromatic heterocycles. The molecule has 0 aliphatic carbocycles. The maximum Gasteiger partial charge on any atom is 0.114 e. The van der Waals surface area contributed by atoms with Crippen LogP contribution in [-0.2, 0) is 0 Å². The average Bonchev–Trinajstić information content (AvgIpc) is 2.64. The summed E-state index contributed by atoms with van der Waals surface area (Å²) in [7, 11) is 0. The van der Waals surface area contributed by atoms with Gasteiger partial charge in [0.05, 0.1) is 17.1 Å². The SMILES string of the molecule is N#Cc1ccccc1-c1ncsc1N. The summed E-state index contributed by atoms with van der Waals surface area (Å²) in [6.07, 6.45) is 0. The van der Waals surface area contributed by atoms with Crippen LogP contribution in [0.4, 0.5) is 5.00 Å². The highest BCUT2D eigenvalue weighted by atomic mass is 32.1. The zero-order valence-corrected chi connectivity index (χ0v) is 8.08. The minimum atomic E-state index is 0.602. The molecule has 0 fully saturated rings. The van der Waals surface area contributed by atoms with Crippen LogP contribution in [0.5, 0.6) is 0 Å². The second kappa shape index (κ2) is 3.48. The zero-order valence-electron chi connectivity index (χ0n) is 7.27. The first kappa shape index (κ1) is 8.73. The molecule has 4 heteroatoms. The van der Waals surface area contributed by atoms with Gasteiger partial charge in [-0.2, -0.15) is 5.26 Å². The Labute approximate surface area is 85.4 Å². The normalized spacial score (nSPS) is 9.64. The van der Waals surface area contributed by atoms with Crippen molar-refractivity contribution in [3.8, 4) is 17.3 Å². The summed E-state index contributed by atoms with van der Waals surface area (Å²) in [4.78, 5) is 4.14. The van der Waals surface area contributed by atoms with Crippen LogP contribution in [0.3, 0.4) is 0 Å². The summed E-state index contributed by atoms with van der Waals surface area (Å²) in [5.74, 6) is 0. The summed E-state index contributed by atoms with van der Waals surface area (Å²) in [6, 6.07) is 9.42. The standard InChI is InChI=1S/C10H7N3S/c11-5-7-3-1-2-4-8(7)9-10(12)14-6-13-9/h1-4,6H,12H2. The van der Waals surface area contributed by atoms with Gasteiger partial charge in [0.2, 0.25) is 0 Å². The number of nitrogen functional groups attached to an aromatic ring is 1. The monoisotopic (exact) mass is 201 g/mol. The zero-order chi connectivity index (χ0) is 9.97. The van der Waals surface area contributed by atoms with E-state index in [9.17, 15) is 0 Å². The van der Waals surface area contributed by atoms with Crippen molar-refractivity contribution in [1.29, 1.82) is 5.26 Å². The lowest BCUT2D eigenvalue weighted by Gasteiger charge is -2.00. The van der Waals surface area contributed by atoms with Crippen LogP contribution in [0.25, 0.3) is 11.3 Å². The van der Waals surface area contributed by atoms with Crippen molar-refractivity contribution < 1.29 is 0 Å². The maximum absolute atomic E-state index is 8.89. The third kappa shape index (κ3) is 1.34. The number of benzene rings is 1. The number of anilines is 1. The quantitative estimate of drug-likeness (QED) is 0.769. The minimum absolute atomic E-state index is 0.602. The van der Waals surface area contributed by atoms with Gasteiger partial charge in [0.25, 0.3) is 0 Å². The number of nitrogens with zero attached hydrogens (tertiary/aromatic N) is 2. The molecule has 0 aliphatic heterocycles. The van der Waals surface area contributed by atoms with Crippen molar-refractivity contribution in [2.24, 2.45) is 0 Å². The number of aromatic nitrogens is 1. The van der Waals surface area contributed by atoms with Crippen LogP contribution in [0.2, 0.25) is 0 Å².